The zero-order valence-corrected chi connectivity index (χ0v) is 8.53. The fourth-order valence-electron chi connectivity index (χ4n) is 1.44. The van der Waals surface area contributed by atoms with Gasteiger partial charge in [0, 0.05) is 17.9 Å². The third-order valence-electron chi connectivity index (χ3n) is 2.19. The Labute approximate surface area is 80.0 Å². The van der Waals surface area contributed by atoms with Gasteiger partial charge in [0.2, 0.25) is 0 Å². The van der Waals surface area contributed by atoms with E-state index in [4.69, 9.17) is 5.73 Å². The molecule has 0 radical (unpaired) electrons. The molecule has 0 unspecified atom stereocenters. The number of unbranched alkanes of at least 4 members (excludes halogenated alkanes) is 1. The minimum Gasteiger partial charge on any atom is -0.332 e. The van der Waals surface area contributed by atoms with Gasteiger partial charge in [0.15, 0.2) is 0 Å². The molecule has 0 saturated carbocycles. The summed E-state index contributed by atoms with van der Waals surface area (Å²) in [5.74, 6) is 0. The Balaban J connectivity index is 2.50. The molecule has 0 spiro atoms. The molecule has 1 rings (SSSR count). The Kier molecular flexibility index (Phi) is 3.96. The molecule has 0 fully saturated rings. The van der Waals surface area contributed by atoms with Crippen LogP contribution in [-0.4, -0.2) is 16.1 Å². The van der Waals surface area contributed by atoms with Crippen LogP contribution in [0.2, 0.25) is 0 Å². The van der Waals surface area contributed by atoms with E-state index in [1.54, 1.807) is 0 Å². The summed E-state index contributed by atoms with van der Waals surface area (Å²) in [4.78, 5) is 4.15. The van der Waals surface area contributed by atoms with Crippen LogP contribution in [0.1, 0.15) is 38.4 Å². The molecule has 1 heterocycles. The van der Waals surface area contributed by atoms with E-state index < -0.39 is 0 Å². The van der Waals surface area contributed by atoms with Crippen molar-refractivity contribution in [1.29, 1.82) is 0 Å². The third-order valence-corrected chi connectivity index (χ3v) is 2.19. The Morgan fingerprint density at radius 1 is 1.46 bits per heavy atom. The SMILES string of the molecule is CC(C)n1cncc1CCCCN. The van der Waals surface area contributed by atoms with E-state index >= 15 is 0 Å². The molecule has 2 N–H and O–H groups in total. The first-order chi connectivity index (χ1) is 6.25. The van der Waals surface area contributed by atoms with Gasteiger partial charge in [0.25, 0.3) is 0 Å². The van der Waals surface area contributed by atoms with Crippen molar-refractivity contribution < 1.29 is 0 Å². The number of nitrogens with zero attached hydrogens (tertiary/aromatic N) is 2. The molecule has 0 aromatic carbocycles. The van der Waals surface area contributed by atoms with Crippen molar-refractivity contribution in [3.05, 3.63) is 18.2 Å². The van der Waals surface area contributed by atoms with Crippen LogP contribution >= 0.6 is 0 Å². The van der Waals surface area contributed by atoms with Crippen LogP contribution < -0.4 is 5.73 Å². The van der Waals surface area contributed by atoms with Crippen molar-refractivity contribution in [2.75, 3.05) is 6.54 Å². The molecule has 74 valence electrons. The van der Waals surface area contributed by atoms with Gasteiger partial charge < -0.3 is 10.3 Å². The van der Waals surface area contributed by atoms with Gasteiger partial charge in [-0.25, -0.2) is 4.98 Å². The summed E-state index contributed by atoms with van der Waals surface area (Å²) in [6.07, 6.45) is 7.21. The molecule has 1 aromatic heterocycles. The van der Waals surface area contributed by atoms with E-state index in [-0.39, 0.29) is 0 Å². The van der Waals surface area contributed by atoms with Gasteiger partial charge in [0.1, 0.15) is 0 Å². The number of hydrogen-bond donors (Lipinski definition) is 1. The van der Waals surface area contributed by atoms with Crippen LogP contribution in [0.25, 0.3) is 0 Å². The lowest BCUT2D eigenvalue weighted by Crippen LogP contribution is -2.05. The number of rotatable bonds is 5. The molecule has 0 amide bonds. The van der Waals surface area contributed by atoms with E-state index in [0.29, 0.717) is 6.04 Å². The molecular formula is C10H19N3. The van der Waals surface area contributed by atoms with E-state index in [9.17, 15) is 0 Å². The van der Waals surface area contributed by atoms with Crippen LogP contribution in [0, 0.1) is 0 Å². The van der Waals surface area contributed by atoms with Crippen molar-refractivity contribution in [3.63, 3.8) is 0 Å². The number of aromatic nitrogens is 2. The van der Waals surface area contributed by atoms with Gasteiger partial charge >= 0.3 is 0 Å². The summed E-state index contributed by atoms with van der Waals surface area (Å²) in [5.41, 5.74) is 6.77. The van der Waals surface area contributed by atoms with Crippen molar-refractivity contribution >= 4 is 0 Å². The van der Waals surface area contributed by atoms with Crippen molar-refractivity contribution in [3.8, 4) is 0 Å². The summed E-state index contributed by atoms with van der Waals surface area (Å²) in [6.45, 7) is 5.14. The van der Waals surface area contributed by atoms with Gasteiger partial charge in [-0.1, -0.05) is 0 Å². The molecule has 3 heteroatoms. The fraction of sp³-hybridized carbons (Fsp3) is 0.700. The van der Waals surface area contributed by atoms with Crippen LogP contribution in [0.5, 0.6) is 0 Å². The van der Waals surface area contributed by atoms with Gasteiger partial charge in [-0.15, -0.1) is 0 Å². The molecule has 0 aliphatic heterocycles. The maximum absolute atomic E-state index is 5.44. The van der Waals surface area contributed by atoms with Gasteiger partial charge in [-0.2, -0.15) is 0 Å². The molecule has 0 atom stereocenters. The lowest BCUT2D eigenvalue weighted by molar-refractivity contribution is 0.564. The predicted molar refractivity (Wildman–Crippen MR) is 54.6 cm³/mol. The first kappa shape index (κ1) is 10.3. The Morgan fingerprint density at radius 2 is 2.23 bits per heavy atom. The number of nitrogens with two attached hydrogens (primary N) is 1. The standard InChI is InChI=1S/C10H19N3/c1-9(2)13-8-12-7-10(13)5-3-4-6-11/h7-9H,3-6,11H2,1-2H3. The summed E-state index contributed by atoms with van der Waals surface area (Å²) in [5, 5.41) is 0. The van der Waals surface area contributed by atoms with E-state index in [1.165, 1.54) is 5.69 Å². The average Bonchev–Trinajstić information content (AvgIpc) is 2.53. The van der Waals surface area contributed by atoms with Crippen LogP contribution in [0.15, 0.2) is 12.5 Å². The van der Waals surface area contributed by atoms with Crippen LogP contribution in [0.4, 0.5) is 0 Å². The maximum atomic E-state index is 5.44. The van der Waals surface area contributed by atoms with E-state index in [1.807, 2.05) is 12.5 Å². The van der Waals surface area contributed by atoms with Gasteiger partial charge in [-0.3, -0.25) is 0 Å². The highest BCUT2D eigenvalue weighted by Gasteiger charge is 2.03. The fourth-order valence-corrected chi connectivity index (χ4v) is 1.44. The largest absolute Gasteiger partial charge is 0.332 e. The van der Waals surface area contributed by atoms with Crippen molar-refractivity contribution in [1.82, 2.24) is 9.55 Å². The van der Waals surface area contributed by atoms with Crippen molar-refractivity contribution in [2.45, 2.75) is 39.2 Å². The molecule has 13 heavy (non-hydrogen) atoms. The highest BCUT2D eigenvalue weighted by atomic mass is 15.1. The first-order valence-electron chi connectivity index (χ1n) is 4.96. The summed E-state index contributed by atoms with van der Waals surface area (Å²) in [6, 6.07) is 0.510. The Bertz CT molecular complexity index is 240. The molecule has 0 aliphatic rings. The highest BCUT2D eigenvalue weighted by molar-refractivity contribution is 4.99. The smallest absolute Gasteiger partial charge is 0.0950 e. The minimum atomic E-state index is 0.510. The van der Waals surface area contributed by atoms with Gasteiger partial charge in [-0.05, 0) is 39.7 Å². The molecule has 0 bridgehead atoms. The molecular weight excluding hydrogens is 162 g/mol. The van der Waals surface area contributed by atoms with Gasteiger partial charge in [0.05, 0.1) is 6.33 Å². The molecule has 1 aromatic rings. The van der Waals surface area contributed by atoms with Crippen molar-refractivity contribution in [2.24, 2.45) is 5.73 Å². The monoisotopic (exact) mass is 181 g/mol. The maximum Gasteiger partial charge on any atom is 0.0950 e. The normalized spacial score (nSPS) is 11.1. The second-order valence-electron chi connectivity index (χ2n) is 3.63. The Morgan fingerprint density at radius 3 is 2.85 bits per heavy atom. The number of hydrogen-bond acceptors (Lipinski definition) is 2. The highest BCUT2D eigenvalue weighted by Crippen LogP contribution is 2.11. The molecule has 0 saturated heterocycles. The minimum absolute atomic E-state index is 0.510. The van der Waals surface area contributed by atoms with Crippen LogP contribution in [-0.2, 0) is 6.42 Å². The number of imidazole rings is 1. The van der Waals surface area contributed by atoms with E-state index in [2.05, 4.69) is 23.4 Å². The van der Waals surface area contributed by atoms with Crippen LogP contribution in [0.3, 0.4) is 0 Å². The summed E-state index contributed by atoms with van der Waals surface area (Å²) >= 11 is 0. The lowest BCUT2D eigenvalue weighted by atomic mass is 10.2. The molecule has 0 aliphatic carbocycles. The lowest BCUT2D eigenvalue weighted by Gasteiger charge is -2.10. The second kappa shape index (κ2) is 5.02. The zero-order chi connectivity index (χ0) is 9.68. The summed E-state index contributed by atoms with van der Waals surface area (Å²) in [7, 11) is 0. The topological polar surface area (TPSA) is 43.8 Å². The van der Waals surface area contributed by atoms with E-state index in [0.717, 1.165) is 25.8 Å². The quantitative estimate of drug-likeness (QED) is 0.703. The second-order valence-corrected chi connectivity index (χ2v) is 3.63. The molecule has 3 nitrogen and oxygen atoms in total. The first-order valence-corrected chi connectivity index (χ1v) is 4.96. The third kappa shape index (κ3) is 2.84. The average molecular weight is 181 g/mol. The zero-order valence-electron chi connectivity index (χ0n) is 8.53. The predicted octanol–water partition coefficient (Wildman–Crippen LogP) is 1.75. The summed E-state index contributed by atoms with van der Waals surface area (Å²) < 4.78 is 2.22. The number of aryl methyl sites for hydroxylation is 1. The Hall–Kier alpha value is -0.830.